The fourth-order valence-electron chi connectivity index (χ4n) is 1.57. The Morgan fingerprint density at radius 2 is 1.88 bits per heavy atom. The molecule has 17 heavy (non-hydrogen) atoms. The van der Waals surface area contributed by atoms with Crippen LogP contribution in [0.15, 0.2) is 47.1 Å². The molecule has 0 unspecified atom stereocenters. The normalized spacial score (nSPS) is 10.5. The molecule has 0 aliphatic heterocycles. The predicted molar refractivity (Wildman–Crippen MR) is 70.0 cm³/mol. The van der Waals surface area contributed by atoms with Crippen LogP contribution < -0.4 is 5.46 Å². The molecule has 0 spiro atoms. The molecule has 1 aromatic carbocycles. The van der Waals surface area contributed by atoms with E-state index in [1.165, 1.54) is 0 Å². The molecular formula is C12H13BO3S. The van der Waals surface area contributed by atoms with Crippen LogP contribution >= 0.6 is 11.8 Å². The first-order valence-corrected chi connectivity index (χ1v) is 6.47. The molecule has 2 N–H and O–H groups in total. The summed E-state index contributed by atoms with van der Waals surface area (Å²) >= 11 is 1.68. The second-order valence-electron chi connectivity index (χ2n) is 3.64. The monoisotopic (exact) mass is 248 g/mol. The number of benzene rings is 1. The van der Waals surface area contributed by atoms with Gasteiger partial charge in [-0.15, -0.1) is 11.8 Å². The van der Waals surface area contributed by atoms with Crippen molar-refractivity contribution in [1.29, 1.82) is 0 Å². The zero-order valence-electron chi connectivity index (χ0n) is 9.24. The second-order valence-corrected chi connectivity index (χ2v) is 4.63. The summed E-state index contributed by atoms with van der Waals surface area (Å²) in [7, 11) is -1.41. The predicted octanol–water partition coefficient (Wildman–Crippen LogP) is 1.39. The van der Waals surface area contributed by atoms with Crippen LogP contribution in [-0.4, -0.2) is 17.2 Å². The molecule has 0 aliphatic carbocycles. The van der Waals surface area contributed by atoms with Gasteiger partial charge in [-0.1, -0.05) is 24.3 Å². The molecule has 88 valence electrons. The number of hydrogen-bond acceptors (Lipinski definition) is 4. The molecule has 0 bridgehead atoms. The van der Waals surface area contributed by atoms with E-state index in [9.17, 15) is 10.0 Å². The first-order chi connectivity index (χ1) is 8.27. The Morgan fingerprint density at radius 3 is 2.59 bits per heavy atom. The minimum atomic E-state index is -1.41. The Hall–Kier alpha value is -1.17. The molecule has 0 saturated heterocycles. The van der Waals surface area contributed by atoms with Crippen LogP contribution in [-0.2, 0) is 11.5 Å². The molecule has 0 aliphatic rings. The van der Waals surface area contributed by atoms with Crippen LogP contribution in [0.1, 0.15) is 11.3 Å². The van der Waals surface area contributed by atoms with Crippen LogP contribution in [0.2, 0.25) is 0 Å². The van der Waals surface area contributed by atoms with Crippen molar-refractivity contribution in [2.24, 2.45) is 0 Å². The Balaban J connectivity index is 1.94. The van der Waals surface area contributed by atoms with Gasteiger partial charge in [0.15, 0.2) is 0 Å². The van der Waals surface area contributed by atoms with Gasteiger partial charge in [0.1, 0.15) is 5.76 Å². The molecule has 0 atom stereocenters. The summed E-state index contributed by atoms with van der Waals surface area (Å²) in [5, 5.41) is 18.4. The van der Waals surface area contributed by atoms with Gasteiger partial charge in [-0.2, -0.15) is 0 Å². The lowest BCUT2D eigenvalue weighted by Gasteiger charge is -2.07. The largest absolute Gasteiger partial charge is 0.488 e. The lowest BCUT2D eigenvalue weighted by atomic mass is 9.77. The lowest BCUT2D eigenvalue weighted by Crippen LogP contribution is -2.32. The lowest BCUT2D eigenvalue weighted by molar-refractivity contribution is 0.425. The second kappa shape index (κ2) is 5.96. The summed E-state index contributed by atoms with van der Waals surface area (Å²) in [6, 6.07) is 11.1. The van der Waals surface area contributed by atoms with Crippen molar-refractivity contribution >= 4 is 24.3 Å². The van der Waals surface area contributed by atoms with Crippen LogP contribution in [0.3, 0.4) is 0 Å². The van der Waals surface area contributed by atoms with Gasteiger partial charge in [-0.25, -0.2) is 0 Å². The first-order valence-electron chi connectivity index (χ1n) is 5.31. The van der Waals surface area contributed by atoms with Crippen LogP contribution in [0, 0.1) is 0 Å². The highest BCUT2D eigenvalue weighted by atomic mass is 32.2. The average Bonchev–Trinajstić information content (AvgIpc) is 2.82. The Labute approximate surface area is 105 Å². The molecule has 2 aromatic rings. The van der Waals surface area contributed by atoms with Crippen molar-refractivity contribution in [3.8, 4) is 0 Å². The average molecular weight is 248 g/mol. The third-order valence-corrected chi connectivity index (χ3v) is 3.42. The summed E-state index contributed by atoms with van der Waals surface area (Å²) in [5.41, 5.74) is 1.51. The van der Waals surface area contributed by atoms with E-state index in [4.69, 9.17) is 4.42 Å². The SMILES string of the molecule is OB(O)c1ccccc1CSCc1ccco1. The smallest absolute Gasteiger partial charge is 0.468 e. The molecule has 2 rings (SSSR count). The topological polar surface area (TPSA) is 53.6 Å². The molecule has 0 saturated carbocycles. The minimum Gasteiger partial charge on any atom is -0.468 e. The first kappa shape index (κ1) is 12.3. The van der Waals surface area contributed by atoms with E-state index in [2.05, 4.69) is 0 Å². The van der Waals surface area contributed by atoms with Gasteiger partial charge in [-0.05, 0) is 23.2 Å². The fraction of sp³-hybridized carbons (Fsp3) is 0.167. The quantitative estimate of drug-likeness (QED) is 0.785. The van der Waals surface area contributed by atoms with E-state index in [0.717, 1.165) is 22.8 Å². The number of furan rings is 1. The fourth-order valence-corrected chi connectivity index (χ4v) is 2.52. The Kier molecular flexibility index (Phi) is 4.31. The number of thioether (sulfide) groups is 1. The van der Waals surface area contributed by atoms with Crippen LogP contribution in [0.25, 0.3) is 0 Å². The summed E-state index contributed by atoms with van der Waals surface area (Å²) in [6.45, 7) is 0. The van der Waals surface area contributed by atoms with E-state index < -0.39 is 7.12 Å². The van der Waals surface area contributed by atoms with Gasteiger partial charge in [0.2, 0.25) is 0 Å². The zero-order chi connectivity index (χ0) is 12.1. The van der Waals surface area contributed by atoms with Crippen molar-refractivity contribution in [3.63, 3.8) is 0 Å². The Bertz CT molecular complexity index is 457. The highest BCUT2D eigenvalue weighted by Gasteiger charge is 2.14. The highest BCUT2D eigenvalue weighted by molar-refractivity contribution is 7.97. The van der Waals surface area contributed by atoms with Crippen molar-refractivity contribution in [1.82, 2.24) is 0 Å². The third kappa shape index (κ3) is 3.39. The summed E-state index contributed by atoms with van der Waals surface area (Å²) in [4.78, 5) is 0. The van der Waals surface area contributed by atoms with Crippen LogP contribution in [0.4, 0.5) is 0 Å². The summed E-state index contributed by atoms with van der Waals surface area (Å²) < 4.78 is 5.23. The molecule has 0 fully saturated rings. The zero-order valence-corrected chi connectivity index (χ0v) is 10.1. The molecule has 0 radical (unpaired) electrons. The molecule has 1 aromatic heterocycles. The van der Waals surface area contributed by atoms with Gasteiger partial charge >= 0.3 is 7.12 Å². The number of rotatable bonds is 5. The summed E-state index contributed by atoms with van der Waals surface area (Å²) in [5.74, 6) is 2.44. The van der Waals surface area contributed by atoms with E-state index in [0.29, 0.717) is 5.46 Å². The van der Waals surface area contributed by atoms with Gasteiger partial charge < -0.3 is 14.5 Å². The van der Waals surface area contributed by atoms with E-state index >= 15 is 0 Å². The molecule has 3 nitrogen and oxygen atoms in total. The van der Waals surface area contributed by atoms with Gasteiger partial charge in [0.05, 0.1) is 12.0 Å². The standard InChI is InChI=1S/C12H13BO3S/c14-13(15)12-6-2-1-4-10(12)8-17-9-11-5-3-7-16-11/h1-7,14-15H,8-9H2. The number of hydrogen-bond donors (Lipinski definition) is 2. The van der Waals surface area contributed by atoms with E-state index in [1.807, 2.05) is 24.3 Å². The maximum atomic E-state index is 9.22. The molecular weight excluding hydrogens is 235 g/mol. The maximum absolute atomic E-state index is 9.22. The van der Waals surface area contributed by atoms with E-state index in [1.54, 1.807) is 30.2 Å². The van der Waals surface area contributed by atoms with Gasteiger partial charge in [-0.3, -0.25) is 0 Å². The maximum Gasteiger partial charge on any atom is 0.488 e. The van der Waals surface area contributed by atoms with Crippen molar-refractivity contribution in [2.45, 2.75) is 11.5 Å². The third-order valence-electron chi connectivity index (χ3n) is 2.42. The van der Waals surface area contributed by atoms with Crippen molar-refractivity contribution < 1.29 is 14.5 Å². The van der Waals surface area contributed by atoms with Crippen molar-refractivity contribution in [3.05, 3.63) is 54.0 Å². The van der Waals surface area contributed by atoms with Crippen LogP contribution in [0.5, 0.6) is 0 Å². The Morgan fingerprint density at radius 1 is 1.06 bits per heavy atom. The minimum absolute atomic E-state index is 0.569. The highest BCUT2D eigenvalue weighted by Crippen LogP contribution is 2.17. The molecule has 0 amide bonds. The molecule has 5 heteroatoms. The van der Waals surface area contributed by atoms with E-state index in [-0.39, 0.29) is 0 Å². The summed E-state index contributed by atoms with van der Waals surface area (Å²) in [6.07, 6.45) is 1.65. The van der Waals surface area contributed by atoms with Crippen molar-refractivity contribution in [2.75, 3.05) is 0 Å². The van der Waals surface area contributed by atoms with Gasteiger partial charge in [0.25, 0.3) is 0 Å². The van der Waals surface area contributed by atoms with Gasteiger partial charge in [0, 0.05) is 5.75 Å². The molecule has 1 heterocycles.